The number of halogens is 1. The minimum atomic E-state index is -0.432. The molecule has 2 rings (SSSR count). The zero-order valence-corrected chi connectivity index (χ0v) is 13.9. The van der Waals surface area contributed by atoms with Crippen molar-refractivity contribution in [3.8, 4) is 5.75 Å². The average molecular weight is 350 g/mol. The summed E-state index contributed by atoms with van der Waals surface area (Å²) >= 11 is 3.52. The first-order chi connectivity index (χ1) is 10.1. The van der Waals surface area contributed by atoms with E-state index in [4.69, 9.17) is 4.74 Å². The predicted molar refractivity (Wildman–Crippen MR) is 90.0 cm³/mol. The molecule has 0 aliphatic rings. The molecular weight excluding hydrogens is 330 g/mol. The summed E-state index contributed by atoms with van der Waals surface area (Å²) in [7, 11) is 1.65. The molecule has 2 aromatic carbocycles. The van der Waals surface area contributed by atoms with Crippen molar-refractivity contribution < 1.29 is 9.84 Å². The van der Waals surface area contributed by atoms with Gasteiger partial charge in [0.15, 0.2) is 0 Å². The van der Waals surface area contributed by atoms with Crippen molar-refractivity contribution in [1.82, 2.24) is 0 Å². The molecule has 1 unspecified atom stereocenters. The van der Waals surface area contributed by atoms with Crippen LogP contribution in [0.15, 0.2) is 53.0 Å². The number of methoxy groups -OCH3 is 1. The summed E-state index contributed by atoms with van der Waals surface area (Å²) in [6.45, 7) is 2.05. The SMILES string of the molecule is COc1ccc(CC(C)(CO)Nc2ccccc2Br)cc1. The Balaban J connectivity index is 2.14. The van der Waals surface area contributed by atoms with Crippen LogP contribution in [0.4, 0.5) is 5.69 Å². The Morgan fingerprint density at radius 3 is 2.38 bits per heavy atom. The molecule has 1 atom stereocenters. The number of rotatable bonds is 6. The van der Waals surface area contributed by atoms with Crippen LogP contribution in [-0.4, -0.2) is 24.4 Å². The minimum Gasteiger partial charge on any atom is -0.497 e. The van der Waals surface area contributed by atoms with E-state index in [1.807, 2.05) is 55.5 Å². The first kappa shape index (κ1) is 15.9. The number of ether oxygens (including phenoxy) is 1. The molecular formula is C17H20BrNO2. The molecule has 2 N–H and O–H groups in total. The van der Waals surface area contributed by atoms with E-state index in [1.165, 1.54) is 0 Å². The quantitative estimate of drug-likeness (QED) is 0.831. The molecule has 21 heavy (non-hydrogen) atoms. The largest absolute Gasteiger partial charge is 0.497 e. The van der Waals surface area contributed by atoms with Crippen LogP contribution >= 0.6 is 15.9 Å². The molecule has 0 saturated heterocycles. The van der Waals surface area contributed by atoms with Gasteiger partial charge in [0.2, 0.25) is 0 Å². The Hall–Kier alpha value is -1.52. The normalized spacial score (nSPS) is 13.5. The van der Waals surface area contributed by atoms with Crippen LogP contribution in [-0.2, 0) is 6.42 Å². The number of para-hydroxylation sites is 1. The second-order valence-electron chi connectivity index (χ2n) is 5.35. The van der Waals surface area contributed by atoms with E-state index in [1.54, 1.807) is 7.11 Å². The highest BCUT2D eigenvalue weighted by molar-refractivity contribution is 9.10. The van der Waals surface area contributed by atoms with E-state index in [0.29, 0.717) is 0 Å². The van der Waals surface area contributed by atoms with Crippen molar-refractivity contribution >= 4 is 21.6 Å². The van der Waals surface area contributed by atoms with Crippen LogP contribution in [0.5, 0.6) is 5.75 Å². The van der Waals surface area contributed by atoms with Crippen molar-refractivity contribution in [3.63, 3.8) is 0 Å². The molecule has 0 radical (unpaired) electrons. The molecule has 2 aromatic rings. The molecule has 112 valence electrons. The number of benzene rings is 2. The van der Waals surface area contributed by atoms with E-state index >= 15 is 0 Å². The Bertz CT molecular complexity index is 586. The van der Waals surface area contributed by atoms with Gasteiger partial charge in [0.05, 0.1) is 19.3 Å². The molecule has 3 nitrogen and oxygen atoms in total. The molecule has 0 fully saturated rings. The van der Waals surface area contributed by atoms with E-state index in [0.717, 1.165) is 27.9 Å². The fourth-order valence-electron chi connectivity index (χ4n) is 2.22. The lowest BCUT2D eigenvalue weighted by molar-refractivity contribution is 0.222. The van der Waals surface area contributed by atoms with Gasteiger partial charge < -0.3 is 15.2 Å². The lowest BCUT2D eigenvalue weighted by atomic mass is 9.93. The minimum absolute atomic E-state index is 0.0420. The third-order valence-corrected chi connectivity index (χ3v) is 4.10. The van der Waals surface area contributed by atoms with Gasteiger partial charge in [-0.2, -0.15) is 0 Å². The number of aliphatic hydroxyl groups is 1. The van der Waals surface area contributed by atoms with Gasteiger partial charge in [-0.25, -0.2) is 0 Å². The van der Waals surface area contributed by atoms with Gasteiger partial charge in [-0.3, -0.25) is 0 Å². The number of hydrogen-bond donors (Lipinski definition) is 2. The van der Waals surface area contributed by atoms with Gasteiger partial charge in [-0.05, 0) is 59.1 Å². The van der Waals surface area contributed by atoms with Gasteiger partial charge in [-0.1, -0.05) is 24.3 Å². The fourth-order valence-corrected chi connectivity index (χ4v) is 2.61. The molecule has 0 heterocycles. The average Bonchev–Trinajstić information content (AvgIpc) is 2.50. The lowest BCUT2D eigenvalue weighted by Crippen LogP contribution is -2.41. The smallest absolute Gasteiger partial charge is 0.118 e. The van der Waals surface area contributed by atoms with Gasteiger partial charge in [0, 0.05) is 10.2 Å². The Morgan fingerprint density at radius 1 is 1.14 bits per heavy atom. The second-order valence-corrected chi connectivity index (χ2v) is 6.20. The van der Waals surface area contributed by atoms with Crippen molar-refractivity contribution in [1.29, 1.82) is 0 Å². The molecule has 0 aliphatic heterocycles. The number of hydrogen-bond acceptors (Lipinski definition) is 3. The fraction of sp³-hybridized carbons (Fsp3) is 0.294. The Labute approximate surface area is 134 Å². The standard InChI is InChI=1S/C17H20BrNO2/c1-17(12-20,19-16-6-4-3-5-15(16)18)11-13-7-9-14(21-2)10-8-13/h3-10,19-20H,11-12H2,1-2H3. The summed E-state index contributed by atoms with van der Waals surface area (Å²) in [6.07, 6.45) is 0.717. The maximum atomic E-state index is 9.80. The van der Waals surface area contributed by atoms with Gasteiger partial charge >= 0.3 is 0 Å². The van der Waals surface area contributed by atoms with Crippen LogP contribution in [0.1, 0.15) is 12.5 Å². The Morgan fingerprint density at radius 2 is 1.81 bits per heavy atom. The monoisotopic (exact) mass is 349 g/mol. The number of nitrogens with one attached hydrogen (secondary N) is 1. The van der Waals surface area contributed by atoms with Crippen molar-refractivity contribution in [3.05, 3.63) is 58.6 Å². The van der Waals surface area contributed by atoms with Crippen LogP contribution in [0, 0.1) is 0 Å². The van der Waals surface area contributed by atoms with Crippen molar-refractivity contribution in [2.45, 2.75) is 18.9 Å². The van der Waals surface area contributed by atoms with Crippen LogP contribution in [0.2, 0.25) is 0 Å². The third-order valence-electron chi connectivity index (χ3n) is 3.41. The first-order valence-corrected chi connectivity index (χ1v) is 7.62. The van der Waals surface area contributed by atoms with Crippen LogP contribution in [0.25, 0.3) is 0 Å². The molecule has 0 saturated carbocycles. The van der Waals surface area contributed by atoms with Crippen LogP contribution < -0.4 is 10.1 Å². The van der Waals surface area contributed by atoms with Gasteiger partial charge in [0.25, 0.3) is 0 Å². The number of aliphatic hydroxyl groups excluding tert-OH is 1. The predicted octanol–water partition coefficient (Wildman–Crippen LogP) is 3.86. The van der Waals surface area contributed by atoms with E-state index in [9.17, 15) is 5.11 Å². The second kappa shape index (κ2) is 6.96. The summed E-state index contributed by atoms with van der Waals surface area (Å²) in [4.78, 5) is 0. The van der Waals surface area contributed by atoms with E-state index < -0.39 is 5.54 Å². The van der Waals surface area contributed by atoms with E-state index in [-0.39, 0.29) is 6.61 Å². The van der Waals surface area contributed by atoms with Crippen molar-refractivity contribution in [2.24, 2.45) is 0 Å². The van der Waals surface area contributed by atoms with Crippen molar-refractivity contribution in [2.75, 3.05) is 19.0 Å². The lowest BCUT2D eigenvalue weighted by Gasteiger charge is -2.30. The van der Waals surface area contributed by atoms with Gasteiger partial charge in [-0.15, -0.1) is 0 Å². The summed E-state index contributed by atoms with van der Waals surface area (Å²) in [6, 6.07) is 15.8. The molecule has 0 bridgehead atoms. The molecule has 0 amide bonds. The highest BCUT2D eigenvalue weighted by atomic mass is 79.9. The summed E-state index contributed by atoms with van der Waals surface area (Å²) in [5, 5.41) is 13.2. The third kappa shape index (κ3) is 4.22. The summed E-state index contributed by atoms with van der Waals surface area (Å²) in [5.41, 5.74) is 1.69. The molecule has 0 spiro atoms. The highest BCUT2D eigenvalue weighted by Gasteiger charge is 2.24. The zero-order valence-electron chi connectivity index (χ0n) is 12.3. The number of anilines is 1. The first-order valence-electron chi connectivity index (χ1n) is 6.83. The van der Waals surface area contributed by atoms with Gasteiger partial charge in [0.1, 0.15) is 5.75 Å². The van der Waals surface area contributed by atoms with E-state index in [2.05, 4.69) is 21.2 Å². The molecule has 0 aromatic heterocycles. The Kier molecular flexibility index (Phi) is 5.26. The zero-order chi connectivity index (χ0) is 15.3. The molecule has 0 aliphatic carbocycles. The summed E-state index contributed by atoms with van der Waals surface area (Å²) < 4.78 is 6.15. The highest BCUT2D eigenvalue weighted by Crippen LogP contribution is 2.27. The van der Waals surface area contributed by atoms with Crippen LogP contribution in [0.3, 0.4) is 0 Å². The molecule has 4 heteroatoms. The maximum absolute atomic E-state index is 9.80. The topological polar surface area (TPSA) is 41.5 Å². The summed E-state index contributed by atoms with van der Waals surface area (Å²) in [5.74, 6) is 0.836. The maximum Gasteiger partial charge on any atom is 0.118 e.